The van der Waals surface area contributed by atoms with Gasteiger partial charge in [0.25, 0.3) is 5.22 Å². The monoisotopic (exact) mass is 387 g/mol. The summed E-state index contributed by atoms with van der Waals surface area (Å²) in [5.41, 5.74) is 2.98. The van der Waals surface area contributed by atoms with E-state index in [-0.39, 0.29) is 11.7 Å². The number of amides is 1. The van der Waals surface area contributed by atoms with Crippen LogP contribution in [0.4, 0.5) is 0 Å². The van der Waals surface area contributed by atoms with E-state index in [1.165, 1.54) is 17.3 Å². The van der Waals surface area contributed by atoms with E-state index in [1.807, 2.05) is 49.4 Å². The van der Waals surface area contributed by atoms with Crippen molar-refractivity contribution in [3.63, 3.8) is 0 Å². The minimum Gasteiger partial charge on any atom is -0.411 e. The highest BCUT2D eigenvalue weighted by molar-refractivity contribution is 7.99. The summed E-state index contributed by atoms with van der Waals surface area (Å²) in [7, 11) is 1.79. The third kappa shape index (κ3) is 4.45. The summed E-state index contributed by atoms with van der Waals surface area (Å²) in [4.78, 5) is 14.1. The van der Waals surface area contributed by atoms with E-state index in [0.717, 1.165) is 5.56 Å². The fraction of sp³-hybridized carbons (Fsp3) is 0.211. The molecule has 0 radical (unpaired) electrons. The van der Waals surface area contributed by atoms with Gasteiger partial charge < -0.3 is 9.32 Å². The van der Waals surface area contributed by atoms with Crippen LogP contribution in [0, 0.1) is 6.92 Å². The molecule has 0 N–H and O–H groups in total. The summed E-state index contributed by atoms with van der Waals surface area (Å²) in [6, 6.07) is 15.3. The molecule has 1 amide bonds. The van der Waals surface area contributed by atoms with Crippen molar-refractivity contribution < 1.29 is 9.21 Å². The quantitative estimate of drug-likeness (QED) is 0.585. The Balaban J connectivity index is 1.58. The zero-order valence-electron chi connectivity index (χ0n) is 14.5. The number of aryl methyl sites for hydroxylation is 1. The zero-order valence-corrected chi connectivity index (χ0v) is 16.0. The highest BCUT2D eigenvalue weighted by Gasteiger charge is 2.15. The molecule has 0 aliphatic rings. The second-order valence-corrected chi connectivity index (χ2v) is 7.15. The normalized spacial score (nSPS) is 10.7. The molecule has 0 aliphatic heterocycles. The standard InChI is InChI=1S/C19H18ClN3O2S/c1-13-7-3-4-8-14(13)11-23(2)17(24)12-26-19-22-21-18(25-19)15-9-5-6-10-16(15)20/h3-10H,11-12H2,1-2H3. The molecular formula is C19H18ClN3O2S. The maximum Gasteiger partial charge on any atom is 0.277 e. The molecule has 7 heteroatoms. The Morgan fingerprint density at radius 2 is 1.88 bits per heavy atom. The van der Waals surface area contributed by atoms with Crippen molar-refractivity contribution in [2.75, 3.05) is 12.8 Å². The van der Waals surface area contributed by atoms with Crippen LogP contribution in [0.3, 0.4) is 0 Å². The average Bonchev–Trinajstić information content (AvgIpc) is 3.10. The molecule has 26 heavy (non-hydrogen) atoms. The van der Waals surface area contributed by atoms with Crippen LogP contribution in [-0.2, 0) is 11.3 Å². The van der Waals surface area contributed by atoms with Crippen LogP contribution in [0.25, 0.3) is 11.5 Å². The molecule has 3 aromatic rings. The van der Waals surface area contributed by atoms with Crippen molar-refractivity contribution in [3.05, 3.63) is 64.7 Å². The second-order valence-electron chi connectivity index (χ2n) is 5.82. The third-order valence-corrected chi connectivity index (χ3v) is 5.06. The number of hydrogen-bond donors (Lipinski definition) is 0. The lowest BCUT2D eigenvalue weighted by molar-refractivity contribution is -0.127. The molecule has 0 aliphatic carbocycles. The van der Waals surface area contributed by atoms with Crippen molar-refractivity contribution in [3.8, 4) is 11.5 Å². The molecule has 0 saturated carbocycles. The zero-order chi connectivity index (χ0) is 18.5. The Labute approximate surface area is 161 Å². The molecule has 1 aromatic heterocycles. The minimum atomic E-state index is -0.00394. The van der Waals surface area contributed by atoms with Gasteiger partial charge in [0, 0.05) is 13.6 Å². The molecule has 2 aromatic carbocycles. The molecule has 0 fully saturated rings. The Bertz CT molecular complexity index is 913. The largest absolute Gasteiger partial charge is 0.411 e. The molecular weight excluding hydrogens is 370 g/mol. The Morgan fingerprint density at radius 1 is 1.15 bits per heavy atom. The van der Waals surface area contributed by atoms with Crippen LogP contribution < -0.4 is 0 Å². The first-order valence-corrected chi connectivity index (χ1v) is 9.40. The molecule has 0 atom stereocenters. The molecule has 1 heterocycles. The molecule has 0 bridgehead atoms. The van der Waals surface area contributed by atoms with E-state index in [2.05, 4.69) is 10.2 Å². The van der Waals surface area contributed by atoms with Gasteiger partial charge in [-0.05, 0) is 30.2 Å². The van der Waals surface area contributed by atoms with Gasteiger partial charge in [-0.2, -0.15) is 0 Å². The number of halogens is 1. The summed E-state index contributed by atoms with van der Waals surface area (Å²) in [6.45, 7) is 2.61. The number of nitrogens with zero attached hydrogens (tertiary/aromatic N) is 3. The first-order chi connectivity index (χ1) is 12.5. The predicted molar refractivity (Wildman–Crippen MR) is 103 cm³/mol. The SMILES string of the molecule is Cc1ccccc1CN(C)C(=O)CSc1nnc(-c2ccccc2Cl)o1. The highest BCUT2D eigenvalue weighted by Crippen LogP contribution is 2.28. The van der Waals surface area contributed by atoms with Gasteiger partial charge in [0.2, 0.25) is 11.8 Å². The predicted octanol–water partition coefficient (Wildman–Crippen LogP) is 4.45. The van der Waals surface area contributed by atoms with Crippen molar-refractivity contribution in [2.24, 2.45) is 0 Å². The maximum absolute atomic E-state index is 12.4. The lowest BCUT2D eigenvalue weighted by Gasteiger charge is -2.17. The first-order valence-electron chi connectivity index (χ1n) is 8.04. The van der Waals surface area contributed by atoms with E-state index in [1.54, 1.807) is 18.0 Å². The number of aromatic nitrogens is 2. The van der Waals surface area contributed by atoms with E-state index < -0.39 is 0 Å². The van der Waals surface area contributed by atoms with E-state index in [0.29, 0.717) is 28.2 Å². The van der Waals surface area contributed by atoms with Crippen molar-refractivity contribution in [1.29, 1.82) is 0 Å². The number of thioether (sulfide) groups is 1. The summed E-state index contributed by atoms with van der Waals surface area (Å²) in [6.07, 6.45) is 0. The van der Waals surface area contributed by atoms with Gasteiger partial charge in [0.1, 0.15) is 0 Å². The van der Waals surface area contributed by atoms with E-state index in [9.17, 15) is 4.79 Å². The lowest BCUT2D eigenvalue weighted by Crippen LogP contribution is -2.28. The molecule has 0 spiro atoms. The van der Waals surface area contributed by atoms with Gasteiger partial charge in [-0.1, -0.05) is 59.8 Å². The molecule has 0 saturated heterocycles. The maximum atomic E-state index is 12.4. The third-order valence-electron chi connectivity index (χ3n) is 3.92. The van der Waals surface area contributed by atoms with Crippen LogP contribution in [0.5, 0.6) is 0 Å². The lowest BCUT2D eigenvalue weighted by atomic mass is 10.1. The van der Waals surface area contributed by atoms with Crippen LogP contribution in [0.2, 0.25) is 5.02 Å². The Hall–Kier alpha value is -2.31. The number of carbonyl (C=O) groups excluding carboxylic acids is 1. The average molecular weight is 388 g/mol. The molecule has 0 unspecified atom stereocenters. The van der Waals surface area contributed by atoms with Gasteiger partial charge in [0.15, 0.2) is 0 Å². The van der Waals surface area contributed by atoms with Gasteiger partial charge >= 0.3 is 0 Å². The van der Waals surface area contributed by atoms with Gasteiger partial charge in [-0.15, -0.1) is 10.2 Å². The van der Waals surface area contributed by atoms with Crippen LogP contribution in [-0.4, -0.2) is 33.8 Å². The summed E-state index contributed by atoms with van der Waals surface area (Å²) in [5, 5.41) is 8.87. The fourth-order valence-corrected chi connectivity index (χ4v) is 3.30. The Morgan fingerprint density at radius 3 is 2.65 bits per heavy atom. The topological polar surface area (TPSA) is 59.2 Å². The minimum absolute atomic E-state index is 0.00394. The smallest absolute Gasteiger partial charge is 0.277 e. The van der Waals surface area contributed by atoms with Gasteiger partial charge in [-0.25, -0.2) is 0 Å². The van der Waals surface area contributed by atoms with Crippen molar-refractivity contribution >= 4 is 29.3 Å². The highest BCUT2D eigenvalue weighted by atomic mass is 35.5. The van der Waals surface area contributed by atoms with Crippen molar-refractivity contribution in [1.82, 2.24) is 15.1 Å². The van der Waals surface area contributed by atoms with E-state index in [4.69, 9.17) is 16.0 Å². The number of carbonyl (C=O) groups is 1. The molecule has 3 rings (SSSR count). The Kier molecular flexibility index (Phi) is 5.96. The summed E-state index contributed by atoms with van der Waals surface area (Å²) >= 11 is 7.35. The first kappa shape index (κ1) is 18.5. The van der Waals surface area contributed by atoms with Gasteiger partial charge in [0.05, 0.1) is 16.3 Å². The number of rotatable bonds is 6. The summed E-state index contributed by atoms with van der Waals surface area (Å²) in [5.74, 6) is 0.571. The van der Waals surface area contributed by atoms with Crippen LogP contribution in [0.15, 0.2) is 58.2 Å². The van der Waals surface area contributed by atoms with Gasteiger partial charge in [-0.3, -0.25) is 4.79 Å². The van der Waals surface area contributed by atoms with Crippen LogP contribution >= 0.6 is 23.4 Å². The molecule has 134 valence electrons. The fourth-order valence-electron chi connectivity index (χ4n) is 2.38. The summed E-state index contributed by atoms with van der Waals surface area (Å²) < 4.78 is 5.60. The second kappa shape index (κ2) is 8.38. The molecule has 5 nitrogen and oxygen atoms in total. The van der Waals surface area contributed by atoms with Crippen LogP contribution in [0.1, 0.15) is 11.1 Å². The van der Waals surface area contributed by atoms with E-state index >= 15 is 0 Å². The van der Waals surface area contributed by atoms with Crippen molar-refractivity contribution in [2.45, 2.75) is 18.7 Å². The number of hydrogen-bond acceptors (Lipinski definition) is 5. The number of benzene rings is 2.